The number of carbonyl (C=O) groups is 1. The molecule has 17 heavy (non-hydrogen) atoms. The van der Waals surface area contributed by atoms with Gasteiger partial charge in [-0.1, -0.05) is 24.3 Å². The number of carbonyl (C=O) groups excluding carboxylic acids is 1. The van der Waals surface area contributed by atoms with Crippen LogP contribution in [0, 0.1) is 0 Å². The Balaban J connectivity index is 2.26. The molecule has 1 aromatic carbocycles. The van der Waals surface area contributed by atoms with Crippen molar-refractivity contribution in [3.63, 3.8) is 0 Å². The number of nitrogens with zero attached hydrogens (tertiary/aromatic N) is 1. The minimum absolute atomic E-state index is 0.0143. The molecule has 0 aromatic heterocycles. The maximum atomic E-state index is 13.0. The number of benzene rings is 1. The molecule has 4 heteroatoms. The molecule has 2 rings (SSSR count). The molecule has 0 saturated heterocycles. The molecule has 0 radical (unpaired) electrons. The van der Waals surface area contributed by atoms with Gasteiger partial charge in [0, 0.05) is 32.2 Å². The summed E-state index contributed by atoms with van der Waals surface area (Å²) in [6, 6.07) is 6.06. The van der Waals surface area contributed by atoms with Crippen molar-refractivity contribution >= 4 is 11.5 Å². The van der Waals surface area contributed by atoms with Crippen LogP contribution in [-0.4, -0.2) is 24.4 Å². The summed E-state index contributed by atoms with van der Waals surface area (Å²) in [6.45, 7) is 1.40. The smallest absolute Gasteiger partial charge is 0.270 e. The van der Waals surface area contributed by atoms with E-state index in [4.69, 9.17) is 0 Å². The van der Waals surface area contributed by atoms with Crippen LogP contribution in [0.15, 0.2) is 30.3 Å². The van der Waals surface area contributed by atoms with Crippen LogP contribution in [0.4, 0.5) is 8.78 Å². The molecule has 90 valence electrons. The van der Waals surface area contributed by atoms with Crippen LogP contribution < -0.4 is 0 Å². The van der Waals surface area contributed by atoms with Gasteiger partial charge in [0.25, 0.3) is 5.92 Å². The standard InChI is InChI=1S/C13H13F2NO/c1-13(14,15)11-5-3-9(4-6-11)10-7-12(17)16(2)8-10/h3-7H,8H2,1-2H3. The van der Waals surface area contributed by atoms with Crippen molar-refractivity contribution in [1.82, 2.24) is 4.90 Å². The average Bonchev–Trinajstić information content (AvgIpc) is 2.58. The molecular weight excluding hydrogens is 224 g/mol. The van der Waals surface area contributed by atoms with Gasteiger partial charge in [0.1, 0.15) is 0 Å². The topological polar surface area (TPSA) is 20.3 Å². The van der Waals surface area contributed by atoms with Gasteiger partial charge in [0.05, 0.1) is 0 Å². The largest absolute Gasteiger partial charge is 0.338 e. The van der Waals surface area contributed by atoms with E-state index in [1.54, 1.807) is 30.2 Å². The zero-order chi connectivity index (χ0) is 12.6. The molecule has 0 bridgehead atoms. The van der Waals surface area contributed by atoms with Gasteiger partial charge in [-0.05, 0) is 11.1 Å². The number of amides is 1. The summed E-state index contributed by atoms with van der Waals surface area (Å²) in [5.41, 5.74) is 1.67. The quantitative estimate of drug-likeness (QED) is 0.774. The number of rotatable bonds is 2. The second kappa shape index (κ2) is 3.95. The van der Waals surface area contributed by atoms with Crippen LogP contribution in [0.1, 0.15) is 18.1 Å². The Labute approximate surface area is 98.5 Å². The van der Waals surface area contributed by atoms with Gasteiger partial charge < -0.3 is 4.90 Å². The van der Waals surface area contributed by atoms with E-state index in [0.29, 0.717) is 6.54 Å². The lowest BCUT2D eigenvalue weighted by atomic mass is 10.0. The molecule has 0 aliphatic carbocycles. The Hall–Kier alpha value is -1.71. The molecule has 0 unspecified atom stereocenters. The van der Waals surface area contributed by atoms with Crippen molar-refractivity contribution < 1.29 is 13.6 Å². The molecule has 1 heterocycles. The first-order chi connectivity index (χ1) is 7.88. The first kappa shape index (κ1) is 11.8. The predicted octanol–water partition coefficient (Wildman–Crippen LogP) is 2.65. The lowest BCUT2D eigenvalue weighted by molar-refractivity contribution is -0.123. The van der Waals surface area contributed by atoms with E-state index in [1.165, 1.54) is 12.1 Å². The molecule has 2 nitrogen and oxygen atoms in total. The third-order valence-electron chi connectivity index (χ3n) is 2.84. The van der Waals surface area contributed by atoms with Gasteiger partial charge in [-0.3, -0.25) is 4.79 Å². The number of hydrogen-bond acceptors (Lipinski definition) is 1. The van der Waals surface area contributed by atoms with Gasteiger partial charge in [-0.15, -0.1) is 0 Å². The Kier molecular flexibility index (Phi) is 2.73. The van der Waals surface area contributed by atoms with Gasteiger partial charge in [-0.25, -0.2) is 8.78 Å². The van der Waals surface area contributed by atoms with E-state index < -0.39 is 5.92 Å². The van der Waals surface area contributed by atoms with Crippen molar-refractivity contribution in [1.29, 1.82) is 0 Å². The number of halogens is 2. The summed E-state index contributed by atoms with van der Waals surface area (Å²) in [5.74, 6) is -2.88. The normalized spacial score (nSPS) is 16.4. The summed E-state index contributed by atoms with van der Waals surface area (Å²) in [7, 11) is 1.71. The molecule has 1 amide bonds. The fourth-order valence-corrected chi connectivity index (χ4v) is 1.79. The SMILES string of the molecule is CN1CC(c2ccc(C(C)(F)F)cc2)=CC1=O. The van der Waals surface area contributed by atoms with Crippen LogP contribution in [0.5, 0.6) is 0 Å². The maximum Gasteiger partial charge on any atom is 0.270 e. The highest BCUT2D eigenvalue weighted by Crippen LogP contribution is 2.28. The van der Waals surface area contributed by atoms with Gasteiger partial charge >= 0.3 is 0 Å². The van der Waals surface area contributed by atoms with Crippen molar-refractivity contribution in [2.24, 2.45) is 0 Å². The van der Waals surface area contributed by atoms with Crippen LogP contribution in [0.3, 0.4) is 0 Å². The number of hydrogen-bond donors (Lipinski definition) is 0. The second-order valence-corrected chi connectivity index (χ2v) is 4.33. The summed E-state index contributed by atoms with van der Waals surface area (Å²) >= 11 is 0. The predicted molar refractivity (Wildman–Crippen MR) is 61.6 cm³/mol. The molecule has 0 N–H and O–H groups in total. The first-order valence-corrected chi connectivity index (χ1v) is 5.32. The number of alkyl halides is 2. The van der Waals surface area contributed by atoms with Gasteiger partial charge in [0.2, 0.25) is 5.91 Å². The van der Waals surface area contributed by atoms with Crippen molar-refractivity contribution in [2.75, 3.05) is 13.6 Å². The lowest BCUT2D eigenvalue weighted by Gasteiger charge is -2.12. The van der Waals surface area contributed by atoms with Crippen LogP contribution >= 0.6 is 0 Å². The highest BCUT2D eigenvalue weighted by molar-refractivity contribution is 6.00. The molecular formula is C13H13F2NO. The highest BCUT2D eigenvalue weighted by atomic mass is 19.3. The van der Waals surface area contributed by atoms with E-state index in [-0.39, 0.29) is 11.5 Å². The van der Waals surface area contributed by atoms with Crippen LogP contribution in [-0.2, 0) is 10.7 Å². The third-order valence-corrected chi connectivity index (χ3v) is 2.84. The van der Waals surface area contributed by atoms with Crippen molar-refractivity contribution in [2.45, 2.75) is 12.8 Å². The molecule has 0 saturated carbocycles. The van der Waals surface area contributed by atoms with Crippen molar-refractivity contribution in [3.8, 4) is 0 Å². The summed E-state index contributed by atoms with van der Waals surface area (Å²) in [4.78, 5) is 12.9. The number of likely N-dealkylation sites (N-methyl/N-ethyl adjacent to an activating group) is 1. The van der Waals surface area contributed by atoms with Crippen LogP contribution in [0.25, 0.3) is 5.57 Å². The van der Waals surface area contributed by atoms with E-state index >= 15 is 0 Å². The molecule has 1 aliphatic rings. The van der Waals surface area contributed by atoms with E-state index in [0.717, 1.165) is 18.1 Å². The Morgan fingerprint density at radius 1 is 1.24 bits per heavy atom. The Bertz CT molecular complexity index is 471. The monoisotopic (exact) mass is 237 g/mol. The maximum absolute atomic E-state index is 13.0. The molecule has 1 aliphatic heterocycles. The fourth-order valence-electron chi connectivity index (χ4n) is 1.79. The van der Waals surface area contributed by atoms with Crippen LogP contribution in [0.2, 0.25) is 0 Å². The van der Waals surface area contributed by atoms with Gasteiger partial charge in [0.15, 0.2) is 0 Å². The zero-order valence-electron chi connectivity index (χ0n) is 9.71. The Morgan fingerprint density at radius 3 is 2.24 bits per heavy atom. The molecule has 1 aromatic rings. The zero-order valence-corrected chi connectivity index (χ0v) is 9.71. The minimum atomic E-state index is -2.82. The first-order valence-electron chi connectivity index (χ1n) is 5.32. The van der Waals surface area contributed by atoms with E-state index in [2.05, 4.69) is 0 Å². The summed E-state index contributed by atoms with van der Waals surface area (Å²) in [6.07, 6.45) is 1.54. The lowest BCUT2D eigenvalue weighted by Crippen LogP contribution is -2.19. The van der Waals surface area contributed by atoms with Crippen molar-refractivity contribution in [3.05, 3.63) is 41.5 Å². The third kappa shape index (κ3) is 2.35. The average molecular weight is 237 g/mol. The van der Waals surface area contributed by atoms with E-state index in [9.17, 15) is 13.6 Å². The molecule has 0 fully saturated rings. The molecule has 0 atom stereocenters. The fraction of sp³-hybridized carbons (Fsp3) is 0.308. The summed E-state index contributed by atoms with van der Waals surface area (Å²) < 4.78 is 26.0. The second-order valence-electron chi connectivity index (χ2n) is 4.33. The Morgan fingerprint density at radius 2 is 1.82 bits per heavy atom. The minimum Gasteiger partial charge on any atom is -0.338 e. The highest BCUT2D eigenvalue weighted by Gasteiger charge is 2.24. The van der Waals surface area contributed by atoms with E-state index in [1.807, 2.05) is 0 Å². The molecule has 0 spiro atoms. The summed E-state index contributed by atoms with van der Waals surface area (Å²) in [5, 5.41) is 0. The van der Waals surface area contributed by atoms with Gasteiger partial charge in [-0.2, -0.15) is 0 Å².